The van der Waals surface area contributed by atoms with Crippen LogP contribution in [0.15, 0.2) is 140 Å². The molecule has 0 amide bonds. The molecule has 0 aliphatic heterocycles. The van der Waals surface area contributed by atoms with Gasteiger partial charge in [-0.25, -0.2) is 9.97 Å². The van der Waals surface area contributed by atoms with Crippen LogP contribution in [0.4, 0.5) is 0 Å². The van der Waals surface area contributed by atoms with Gasteiger partial charge in [-0.1, -0.05) is 93.0 Å². The van der Waals surface area contributed by atoms with Gasteiger partial charge < -0.3 is 9.30 Å². The first kappa shape index (κ1) is 33.3. The van der Waals surface area contributed by atoms with Gasteiger partial charge in [0, 0.05) is 28.6 Å². The number of rotatable bonds is 4. The van der Waals surface area contributed by atoms with Gasteiger partial charge in [-0.2, -0.15) is 6.07 Å². The molecule has 0 spiro atoms. The van der Waals surface area contributed by atoms with Crippen molar-refractivity contribution in [2.45, 2.75) is 26.2 Å². The first-order valence-corrected chi connectivity index (χ1v) is 18.1. The number of aromatic nitrogens is 6. The third-order valence-corrected chi connectivity index (χ3v) is 10.5. The second-order valence-electron chi connectivity index (χ2n) is 14.9. The molecule has 6 aromatic carbocycles. The van der Waals surface area contributed by atoms with Crippen LogP contribution < -0.4 is 4.74 Å². The number of nitrogens with zero attached hydrogens (tertiary/aromatic N) is 6. The first-order chi connectivity index (χ1) is 26.4. The van der Waals surface area contributed by atoms with Crippen molar-refractivity contribution in [3.8, 4) is 28.4 Å². The van der Waals surface area contributed by atoms with Crippen LogP contribution in [0.25, 0.3) is 83.1 Å². The van der Waals surface area contributed by atoms with Crippen LogP contribution in [0.2, 0.25) is 0 Å². The molecule has 0 N–H and O–H groups in total. The molecule has 0 atom stereocenters. The summed E-state index contributed by atoms with van der Waals surface area (Å²) >= 11 is 0. The maximum absolute atomic E-state index is 6.60. The topological polar surface area (TPSA) is 61.6 Å². The van der Waals surface area contributed by atoms with E-state index in [1.165, 1.54) is 5.56 Å². The number of hydrogen-bond donors (Lipinski definition) is 0. The molecular weight excluding hydrogens is 860 g/mol. The predicted octanol–water partition coefficient (Wildman–Crippen LogP) is 11.3. The first-order valence-electron chi connectivity index (χ1n) is 18.1. The van der Waals surface area contributed by atoms with Crippen LogP contribution in [0.3, 0.4) is 0 Å². The van der Waals surface area contributed by atoms with Gasteiger partial charge in [0.25, 0.3) is 0 Å². The zero-order valence-electron chi connectivity index (χ0n) is 30.2. The van der Waals surface area contributed by atoms with Crippen molar-refractivity contribution in [2.75, 3.05) is 0 Å². The summed E-state index contributed by atoms with van der Waals surface area (Å²) in [5.41, 5.74) is 10.8. The van der Waals surface area contributed by atoms with E-state index in [1.54, 1.807) is 0 Å². The van der Waals surface area contributed by atoms with Crippen molar-refractivity contribution < 1.29 is 25.8 Å². The summed E-state index contributed by atoms with van der Waals surface area (Å²) in [6.07, 6.45) is 1.89. The molecule has 0 radical (unpaired) electrons. The van der Waals surface area contributed by atoms with E-state index in [0.29, 0.717) is 11.5 Å². The Bertz CT molecular complexity index is 3300. The van der Waals surface area contributed by atoms with Gasteiger partial charge in [0.1, 0.15) is 11.5 Å². The van der Waals surface area contributed by atoms with Gasteiger partial charge in [0.15, 0.2) is 0 Å². The Morgan fingerprint density at radius 3 is 2.15 bits per heavy atom. The molecule has 0 saturated heterocycles. The second kappa shape index (κ2) is 12.4. The molecule has 0 aliphatic carbocycles. The minimum absolute atomic E-state index is 0. The number of pyridine rings is 1. The maximum atomic E-state index is 6.60. The summed E-state index contributed by atoms with van der Waals surface area (Å²) in [5.74, 6) is 2.75. The summed E-state index contributed by atoms with van der Waals surface area (Å²) in [6.45, 7) is 6.66. The zero-order chi connectivity index (χ0) is 36.1. The molecule has 0 bridgehead atoms. The average molecular weight is 892 g/mol. The van der Waals surface area contributed by atoms with Crippen LogP contribution in [0.1, 0.15) is 26.3 Å². The Morgan fingerprint density at radius 2 is 1.31 bits per heavy atom. The minimum atomic E-state index is -0.0219. The molecule has 8 heteroatoms. The minimum Gasteiger partial charge on any atom is -0.509 e. The smallest absolute Gasteiger partial charge is 0.509 e. The zero-order valence-corrected chi connectivity index (χ0v) is 32.5. The third kappa shape index (κ3) is 5.18. The molecule has 0 unspecified atom stereocenters. The van der Waals surface area contributed by atoms with Crippen LogP contribution in [-0.2, 0) is 26.5 Å². The van der Waals surface area contributed by atoms with E-state index >= 15 is 0 Å². The van der Waals surface area contributed by atoms with Crippen LogP contribution in [0, 0.1) is 12.1 Å². The van der Waals surface area contributed by atoms with E-state index in [4.69, 9.17) is 19.7 Å². The molecule has 7 nitrogen and oxygen atoms in total. The maximum Gasteiger partial charge on any atom is 2.00 e. The fraction of sp³-hybridized carbons (Fsp3) is 0.0851. The Balaban J connectivity index is 0.00000372. The molecule has 0 aliphatic rings. The van der Waals surface area contributed by atoms with Crippen molar-refractivity contribution in [3.05, 3.63) is 157 Å². The summed E-state index contributed by atoms with van der Waals surface area (Å²) in [6, 6.07) is 53.1. The van der Waals surface area contributed by atoms with E-state index in [-0.39, 0.29) is 26.5 Å². The summed E-state index contributed by atoms with van der Waals surface area (Å²) < 4.78 is 13.1. The normalized spacial score (nSPS) is 12.1. The number of benzene rings is 6. The molecule has 11 rings (SSSR count). The van der Waals surface area contributed by atoms with Gasteiger partial charge in [-0.15, -0.1) is 35.7 Å². The molecule has 5 heterocycles. The second-order valence-corrected chi connectivity index (χ2v) is 14.9. The van der Waals surface area contributed by atoms with E-state index in [0.717, 1.165) is 83.1 Å². The summed E-state index contributed by atoms with van der Waals surface area (Å²) in [5, 5.41) is 3.24. The number of para-hydroxylation sites is 3. The molecule has 5 aromatic heterocycles. The molecular formula is C47H32N6OPt. The molecule has 11 aromatic rings. The fourth-order valence-electron chi connectivity index (χ4n) is 7.84. The Kier molecular flexibility index (Phi) is 7.49. The van der Waals surface area contributed by atoms with E-state index in [2.05, 4.69) is 149 Å². The standard InChI is InChI=1S/C47H32N6O.Pt/c1-47(2,3)31-23-24-48-44(26-31)51-39-15-9-7-13-34(39)35-20-18-32(27-42(35)51)54-33-19-21-38-43(28-33)53-45(49-38)36-25-30(29-11-5-4-6-12-29)17-22-40(36)52-41-16-10-8-14-37(41)50-46(52)53;/h4-26H,1-3H3;/q-2;+2. The summed E-state index contributed by atoms with van der Waals surface area (Å²) in [7, 11) is 0. The molecule has 55 heavy (non-hydrogen) atoms. The Labute approximate surface area is 330 Å². The molecule has 266 valence electrons. The van der Waals surface area contributed by atoms with Gasteiger partial charge in [-0.05, 0) is 81.0 Å². The largest absolute Gasteiger partial charge is 2.00 e. The van der Waals surface area contributed by atoms with Gasteiger partial charge in [-0.3, -0.25) is 13.8 Å². The van der Waals surface area contributed by atoms with E-state index in [1.807, 2.05) is 36.5 Å². The average Bonchev–Trinajstić information content (AvgIpc) is 3.87. The predicted molar refractivity (Wildman–Crippen MR) is 217 cm³/mol. The quantitative estimate of drug-likeness (QED) is 0.165. The number of imidazole rings is 2. The van der Waals surface area contributed by atoms with Crippen molar-refractivity contribution in [3.63, 3.8) is 0 Å². The fourth-order valence-corrected chi connectivity index (χ4v) is 7.84. The van der Waals surface area contributed by atoms with Crippen LogP contribution in [-0.4, -0.2) is 28.3 Å². The van der Waals surface area contributed by atoms with Gasteiger partial charge in [0.05, 0.1) is 16.6 Å². The van der Waals surface area contributed by atoms with E-state index in [9.17, 15) is 0 Å². The van der Waals surface area contributed by atoms with E-state index < -0.39 is 0 Å². The SMILES string of the molecule is CC(C)(C)c1ccnc(-n2c3[c-]c(Oc4[c-]c5c(cc4)nc4c6cc(-c7ccccc7)ccc6n6c7ccccc7nc6n54)ccc3c3ccccc32)c1.[Pt+2]. The van der Waals surface area contributed by atoms with Crippen molar-refractivity contribution >= 4 is 66.2 Å². The summed E-state index contributed by atoms with van der Waals surface area (Å²) in [4.78, 5) is 15.2. The number of hydrogen-bond acceptors (Lipinski definition) is 4. The van der Waals surface area contributed by atoms with Gasteiger partial charge in [0.2, 0.25) is 5.78 Å². The Hall–Kier alpha value is -6.30. The molecule has 0 fully saturated rings. The van der Waals surface area contributed by atoms with Crippen molar-refractivity contribution in [2.24, 2.45) is 0 Å². The van der Waals surface area contributed by atoms with Crippen LogP contribution >= 0.6 is 0 Å². The van der Waals surface area contributed by atoms with Crippen molar-refractivity contribution in [1.82, 2.24) is 28.3 Å². The third-order valence-electron chi connectivity index (χ3n) is 10.5. The number of fused-ring (bicyclic) bond motifs is 13. The van der Waals surface area contributed by atoms with Crippen molar-refractivity contribution in [1.29, 1.82) is 0 Å². The Morgan fingerprint density at radius 1 is 0.564 bits per heavy atom. The molecule has 0 saturated carbocycles. The monoisotopic (exact) mass is 891 g/mol. The number of ether oxygens (including phenoxy) is 1. The van der Waals surface area contributed by atoms with Gasteiger partial charge >= 0.3 is 21.1 Å². The van der Waals surface area contributed by atoms with Crippen LogP contribution in [0.5, 0.6) is 11.5 Å².